The molecule has 10 heteroatoms. The van der Waals surface area contributed by atoms with Crippen molar-refractivity contribution in [3.8, 4) is 5.75 Å². The van der Waals surface area contributed by atoms with Gasteiger partial charge >= 0.3 is 0 Å². The van der Waals surface area contributed by atoms with Gasteiger partial charge in [-0.1, -0.05) is 29.0 Å². The lowest BCUT2D eigenvalue weighted by Crippen LogP contribution is -2.31. The minimum absolute atomic E-state index is 0.103. The molecule has 2 N–H and O–H groups in total. The summed E-state index contributed by atoms with van der Waals surface area (Å²) in [5.74, 6) is 0.0710. The molecule has 166 valence electrons. The number of anilines is 1. The molecule has 3 aromatic rings. The Morgan fingerprint density at radius 2 is 2.00 bits per heavy atom. The van der Waals surface area contributed by atoms with E-state index in [4.69, 9.17) is 21.1 Å². The second-order valence-corrected chi connectivity index (χ2v) is 8.62. The maximum atomic E-state index is 12.3. The molecule has 1 fully saturated rings. The van der Waals surface area contributed by atoms with Crippen LogP contribution in [0.5, 0.6) is 5.75 Å². The number of carbonyl (C=O) groups excluding carboxylic acids is 2. The van der Waals surface area contributed by atoms with Crippen LogP contribution in [0.3, 0.4) is 0 Å². The summed E-state index contributed by atoms with van der Waals surface area (Å²) in [6, 6.07) is 13.7. The first-order valence-corrected chi connectivity index (χ1v) is 11.3. The van der Waals surface area contributed by atoms with Gasteiger partial charge < -0.3 is 20.1 Å². The Balaban J connectivity index is 1.26. The Kier molecular flexibility index (Phi) is 7.31. The van der Waals surface area contributed by atoms with Crippen molar-refractivity contribution in [1.82, 2.24) is 15.5 Å². The molecule has 1 aliphatic heterocycles. The van der Waals surface area contributed by atoms with Gasteiger partial charge in [-0.25, -0.2) is 0 Å². The molecule has 1 atom stereocenters. The Hall–Kier alpha value is -3.01. The van der Waals surface area contributed by atoms with Gasteiger partial charge in [0.2, 0.25) is 5.01 Å². The van der Waals surface area contributed by atoms with Gasteiger partial charge in [0.05, 0.1) is 6.10 Å². The molecule has 4 rings (SSSR count). The second kappa shape index (κ2) is 10.5. The van der Waals surface area contributed by atoms with Crippen molar-refractivity contribution in [3.05, 3.63) is 69.1 Å². The van der Waals surface area contributed by atoms with Crippen molar-refractivity contribution >= 4 is 40.4 Å². The summed E-state index contributed by atoms with van der Waals surface area (Å²) in [5, 5.41) is 14.8. The number of benzene rings is 2. The third kappa shape index (κ3) is 6.03. The van der Waals surface area contributed by atoms with E-state index in [1.54, 1.807) is 48.5 Å². The van der Waals surface area contributed by atoms with Crippen LogP contribution < -0.4 is 15.4 Å². The molecule has 1 saturated heterocycles. The van der Waals surface area contributed by atoms with Crippen LogP contribution in [0.1, 0.15) is 38.0 Å². The van der Waals surface area contributed by atoms with Crippen LogP contribution >= 0.6 is 22.9 Å². The van der Waals surface area contributed by atoms with Crippen LogP contribution in [-0.2, 0) is 11.3 Å². The molecule has 1 aromatic heterocycles. The van der Waals surface area contributed by atoms with Crippen molar-refractivity contribution in [3.63, 3.8) is 0 Å². The number of carbonyl (C=O) groups is 2. The van der Waals surface area contributed by atoms with E-state index in [9.17, 15) is 9.59 Å². The zero-order chi connectivity index (χ0) is 22.3. The molecule has 0 bridgehead atoms. The summed E-state index contributed by atoms with van der Waals surface area (Å²) in [6.45, 7) is 1.43. The van der Waals surface area contributed by atoms with Crippen LogP contribution in [0.4, 0.5) is 5.69 Å². The van der Waals surface area contributed by atoms with E-state index in [-0.39, 0.29) is 29.5 Å². The first-order chi connectivity index (χ1) is 15.6. The Morgan fingerprint density at radius 3 is 2.75 bits per heavy atom. The molecule has 2 aromatic carbocycles. The van der Waals surface area contributed by atoms with Crippen molar-refractivity contribution < 1.29 is 19.1 Å². The molecule has 32 heavy (non-hydrogen) atoms. The summed E-state index contributed by atoms with van der Waals surface area (Å²) in [7, 11) is 0. The fraction of sp³-hybridized carbons (Fsp3) is 0.273. The normalized spacial score (nSPS) is 15.3. The fourth-order valence-electron chi connectivity index (χ4n) is 3.12. The highest BCUT2D eigenvalue weighted by Crippen LogP contribution is 2.19. The van der Waals surface area contributed by atoms with E-state index < -0.39 is 0 Å². The van der Waals surface area contributed by atoms with Gasteiger partial charge in [-0.05, 0) is 55.3 Å². The Bertz CT molecular complexity index is 1080. The van der Waals surface area contributed by atoms with Crippen molar-refractivity contribution in [2.45, 2.75) is 25.6 Å². The molecular formula is C22H21ClN4O4S. The fourth-order valence-corrected chi connectivity index (χ4v) is 3.95. The van der Waals surface area contributed by atoms with E-state index >= 15 is 0 Å². The molecular weight excluding hydrogens is 452 g/mol. The molecule has 2 heterocycles. The van der Waals surface area contributed by atoms with Gasteiger partial charge in [0.1, 0.15) is 12.4 Å². The number of rotatable bonds is 8. The monoisotopic (exact) mass is 472 g/mol. The number of ether oxygens (including phenoxy) is 2. The summed E-state index contributed by atoms with van der Waals surface area (Å²) < 4.78 is 11.2. The maximum absolute atomic E-state index is 12.3. The quantitative estimate of drug-likeness (QED) is 0.515. The van der Waals surface area contributed by atoms with Gasteiger partial charge in [-0.3, -0.25) is 9.59 Å². The lowest BCUT2D eigenvalue weighted by atomic mass is 10.2. The van der Waals surface area contributed by atoms with E-state index in [2.05, 4.69) is 20.8 Å². The van der Waals surface area contributed by atoms with Crippen molar-refractivity contribution in [2.75, 3.05) is 18.5 Å². The maximum Gasteiger partial charge on any atom is 0.286 e. The summed E-state index contributed by atoms with van der Waals surface area (Å²) in [6.07, 6.45) is 2.11. The topological polar surface area (TPSA) is 102 Å². The van der Waals surface area contributed by atoms with Gasteiger partial charge in [0.25, 0.3) is 11.8 Å². The molecule has 0 saturated carbocycles. The summed E-state index contributed by atoms with van der Waals surface area (Å²) in [5.41, 5.74) is 1.13. The third-order valence-electron chi connectivity index (χ3n) is 4.74. The number of aromatic nitrogens is 2. The molecule has 0 spiro atoms. The van der Waals surface area contributed by atoms with Crippen LogP contribution in [0.2, 0.25) is 5.02 Å². The zero-order valence-electron chi connectivity index (χ0n) is 17.0. The number of amides is 2. The SMILES string of the molecule is O=C(NC[C@H]1CCCO1)c1ccc(OCc2nnc(C(=O)Nc3cccc(Cl)c3)s2)cc1. The summed E-state index contributed by atoms with van der Waals surface area (Å²) in [4.78, 5) is 24.6. The largest absolute Gasteiger partial charge is 0.486 e. The number of hydrogen-bond donors (Lipinski definition) is 2. The van der Waals surface area contributed by atoms with Gasteiger partial charge in [-0.2, -0.15) is 0 Å². The van der Waals surface area contributed by atoms with E-state index in [1.165, 1.54) is 0 Å². The number of halogens is 1. The third-order valence-corrected chi connectivity index (χ3v) is 5.87. The average molecular weight is 473 g/mol. The van der Waals surface area contributed by atoms with Gasteiger partial charge in [0.15, 0.2) is 5.01 Å². The first-order valence-electron chi connectivity index (χ1n) is 10.1. The highest BCUT2D eigenvalue weighted by Gasteiger charge is 2.17. The standard InChI is InChI=1S/C22H21ClN4O4S/c23-15-3-1-4-16(11-15)25-21(29)22-27-26-19(32-22)13-31-17-8-6-14(7-9-17)20(28)24-12-18-5-2-10-30-18/h1,3-4,6-9,11,18H,2,5,10,12-13H2,(H,24,28)(H,25,29)/t18-/m1/s1. The first kappa shape index (κ1) is 22.2. The molecule has 0 radical (unpaired) electrons. The van der Waals surface area contributed by atoms with Gasteiger partial charge in [-0.15, -0.1) is 10.2 Å². The smallest absolute Gasteiger partial charge is 0.286 e. The average Bonchev–Trinajstić information content (AvgIpc) is 3.49. The zero-order valence-corrected chi connectivity index (χ0v) is 18.6. The predicted octanol–water partition coefficient (Wildman–Crippen LogP) is 3.93. The number of hydrogen-bond acceptors (Lipinski definition) is 7. The molecule has 2 amide bonds. The lowest BCUT2D eigenvalue weighted by molar-refractivity contribution is 0.0857. The van der Waals surface area contributed by atoms with Gasteiger partial charge in [0, 0.05) is 29.4 Å². The minimum Gasteiger partial charge on any atom is -0.486 e. The predicted molar refractivity (Wildman–Crippen MR) is 121 cm³/mol. The molecule has 8 nitrogen and oxygen atoms in total. The Labute approximate surface area is 193 Å². The molecule has 0 unspecified atom stereocenters. The minimum atomic E-state index is -0.366. The lowest BCUT2D eigenvalue weighted by Gasteiger charge is -2.11. The van der Waals surface area contributed by atoms with Crippen LogP contribution in [-0.4, -0.2) is 41.3 Å². The van der Waals surface area contributed by atoms with Crippen molar-refractivity contribution in [2.24, 2.45) is 0 Å². The number of nitrogens with one attached hydrogen (secondary N) is 2. The van der Waals surface area contributed by atoms with Crippen LogP contribution in [0, 0.1) is 0 Å². The molecule has 0 aliphatic carbocycles. The van der Waals surface area contributed by atoms with E-state index in [1.807, 2.05) is 0 Å². The van der Waals surface area contributed by atoms with Crippen LogP contribution in [0.15, 0.2) is 48.5 Å². The highest BCUT2D eigenvalue weighted by molar-refractivity contribution is 7.13. The van der Waals surface area contributed by atoms with E-state index in [0.29, 0.717) is 33.6 Å². The molecule has 1 aliphatic rings. The Morgan fingerprint density at radius 1 is 1.16 bits per heavy atom. The number of nitrogens with zero attached hydrogens (tertiary/aromatic N) is 2. The van der Waals surface area contributed by atoms with Crippen LogP contribution in [0.25, 0.3) is 0 Å². The second-order valence-electron chi connectivity index (χ2n) is 7.12. The summed E-state index contributed by atoms with van der Waals surface area (Å²) >= 11 is 7.07. The highest BCUT2D eigenvalue weighted by atomic mass is 35.5. The van der Waals surface area contributed by atoms with Crippen molar-refractivity contribution in [1.29, 1.82) is 0 Å². The van der Waals surface area contributed by atoms with E-state index in [0.717, 1.165) is 30.8 Å².